The van der Waals surface area contributed by atoms with E-state index in [1.807, 2.05) is 43.3 Å². The molecular weight excluding hydrogens is 252 g/mol. The average molecular weight is 272 g/mol. The Morgan fingerprint density at radius 1 is 1.25 bits per heavy atom. The normalized spacial score (nSPS) is 12.2. The van der Waals surface area contributed by atoms with Gasteiger partial charge in [-0.2, -0.15) is 0 Å². The highest BCUT2D eigenvalue weighted by Gasteiger charge is 2.11. The van der Waals surface area contributed by atoms with Crippen molar-refractivity contribution in [2.24, 2.45) is 5.73 Å². The fourth-order valence-corrected chi connectivity index (χ4v) is 2.08. The number of anilines is 1. The molecule has 1 atom stereocenters. The molecule has 5 nitrogen and oxygen atoms in total. The van der Waals surface area contributed by atoms with E-state index in [1.165, 1.54) is 0 Å². The maximum Gasteiger partial charge on any atom is 0.130 e. The molecule has 0 unspecified atom stereocenters. The minimum atomic E-state index is -0.184. The Labute approximate surface area is 118 Å². The molecule has 106 valence electrons. The van der Waals surface area contributed by atoms with Gasteiger partial charge in [-0.3, -0.25) is 0 Å². The number of hydrogen-bond acceptors (Lipinski definition) is 5. The highest BCUT2D eigenvalue weighted by molar-refractivity contribution is 5.40. The number of benzene rings is 1. The maximum atomic E-state index is 9.56. The van der Waals surface area contributed by atoms with Gasteiger partial charge >= 0.3 is 0 Å². The standard InChI is InChI=1S/C15H20N4O/c1-11-17-13(7-8-16)9-15(18-11)19-14(10-20)12-5-3-2-4-6-12/h2-6,9,14,20H,7-8,10,16H2,1H3,(H,17,18,19)/t14-/m1/s1. The topological polar surface area (TPSA) is 84.1 Å². The molecule has 5 heteroatoms. The van der Waals surface area contributed by atoms with Crippen LogP contribution in [0.2, 0.25) is 0 Å². The Morgan fingerprint density at radius 2 is 2.00 bits per heavy atom. The summed E-state index contributed by atoms with van der Waals surface area (Å²) >= 11 is 0. The van der Waals surface area contributed by atoms with E-state index in [4.69, 9.17) is 5.73 Å². The summed E-state index contributed by atoms with van der Waals surface area (Å²) in [6.45, 7) is 2.40. The van der Waals surface area contributed by atoms with Gasteiger partial charge in [0.2, 0.25) is 0 Å². The van der Waals surface area contributed by atoms with E-state index in [-0.39, 0.29) is 12.6 Å². The van der Waals surface area contributed by atoms with Gasteiger partial charge in [-0.15, -0.1) is 0 Å². The second-order valence-electron chi connectivity index (χ2n) is 4.62. The van der Waals surface area contributed by atoms with Gasteiger partial charge in [0.1, 0.15) is 11.6 Å². The van der Waals surface area contributed by atoms with Crippen LogP contribution in [-0.4, -0.2) is 28.2 Å². The van der Waals surface area contributed by atoms with Gasteiger partial charge < -0.3 is 16.2 Å². The Bertz CT molecular complexity index is 545. The van der Waals surface area contributed by atoms with Crippen LogP contribution in [0.25, 0.3) is 0 Å². The van der Waals surface area contributed by atoms with E-state index in [2.05, 4.69) is 15.3 Å². The van der Waals surface area contributed by atoms with Crippen molar-refractivity contribution >= 4 is 5.82 Å². The Hall–Kier alpha value is -1.98. The number of nitrogens with zero attached hydrogens (tertiary/aromatic N) is 2. The summed E-state index contributed by atoms with van der Waals surface area (Å²) in [4.78, 5) is 8.69. The van der Waals surface area contributed by atoms with Crippen molar-refractivity contribution in [1.29, 1.82) is 0 Å². The van der Waals surface area contributed by atoms with E-state index in [0.717, 1.165) is 11.3 Å². The van der Waals surface area contributed by atoms with E-state index in [9.17, 15) is 5.11 Å². The number of aryl methyl sites for hydroxylation is 1. The molecule has 2 aromatic rings. The van der Waals surface area contributed by atoms with Crippen molar-refractivity contribution in [2.45, 2.75) is 19.4 Å². The van der Waals surface area contributed by atoms with E-state index in [0.29, 0.717) is 24.6 Å². The van der Waals surface area contributed by atoms with Crippen molar-refractivity contribution in [3.63, 3.8) is 0 Å². The third-order valence-corrected chi connectivity index (χ3v) is 3.00. The maximum absolute atomic E-state index is 9.56. The molecule has 0 radical (unpaired) electrons. The van der Waals surface area contributed by atoms with E-state index >= 15 is 0 Å². The van der Waals surface area contributed by atoms with Crippen molar-refractivity contribution < 1.29 is 5.11 Å². The zero-order valence-electron chi connectivity index (χ0n) is 11.6. The third-order valence-electron chi connectivity index (χ3n) is 3.00. The fourth-order valence-electron chi connectivity index (χ4n) is 2.08. The molecule has 20 heavy (non-hydrogen) atoms. The van der Waals surface area contributed by atoms with Crippen molar-refractivity contribution in [3.05, 3.63) is 53.5 Å². The minimum Gasteiger partial charge on any atom is -0.394 e. The monoisotopic (exact) mass is 272 g/mol. The van der Waals surface area contributed by atoms with Crippen molar-refractivity contribution in [2.75, 3.05) is 18.5 Å². The number of aliphatic hydroxyl groups excluding tert-OH is 1. The fraction of sp³-hybridized carbons (Fsp3) is 0.333. The first-order valence-corrected chi connectivity index (χ1v) is 6.70. The first-order chi connectivity index (χ1) is 9.72. The molecule has 0 saturated carbocycles. The molecule has 0 bridgehead atoms. The molecular formula is C15H20N4O. The average Bonchev–Trinajstić information content (AvgIpc) is 2.45. The summed E-state index contributed by atoms with van der Waals surface area (Å²) < 4.78 is 0. The number of hydrogen-bond donors (Lipinski definition) is 3. The summed E-state index contributed by atoms with van der Waals surface area (Å²) in [7, 11) is 0. The predicted octanol–water partition coefficient (Wildman–Crippen LogP) is 1.43. The molecule has 0 fully saturated rings. The molecule has 2 rings (SSSR count). The zero-order valence-corrected chi connectivity index (χ0v) is 11.6. The van der Waals surface area contributed by atoms with Crippen LogP contribution < -0.4 is 11.1 Å². The van der Waals surface area contributed by atoms with Crippen LogP contribution in [-0.2, 0) is 6.42 Å². The van der Waals surface area contributed by atoms with E-state index in [1.54, 1.807) is 0 Å². The Morgan fingerprint density at radius 3 is 2.65 bits per heavy atom. The van der Waals surface area contributed by atoms with Crippen LogP contribution in [0, 0.1) is 6.92 Å². The van der Waals surface area contributed by atoms with Gasteiger partial charge in [0, 0.05) is 18.2 Å². The quantitative estimate of drug-likeness (QED) is 0.741. The van der Waals surface area contributed by atoms with E-state index < -0.39 is 0 Å². The van der Waals surface area contributed by atoms with Gasteiger partial charge in [0.25, 0.3) is 0 Å². The smallest absolute Gasteiger partial charge is 0.130 e. The molecule has 0 aliphatic carbocycles. The lowest BCUT2D eigenvalue weighted by molar-refractivity contribution is 0.276. The van der Waals surface area contributed by atoms with Crippen molar-refractivity contribution in [3.8, 4) is 0 Å². The number of rotatable bonds is 6. The molecule has 0 amide bonds. The lowest BCUT2D eigenvalue weighted by Gasteiger charge is -2.18. The van der Waals surface area contributed by atoms with Gasteiger partial charge in [-0.1, -0.05) is 30.3 Å². The second kappa shape index (κ2) is 6.98. The van der Waals surface area contributed by atoms with Crippen LogP contribution in [0.3, 0.4) is 0 Å². The summed E-state index contributed by atoms with van der Waals surface area (Å²) in [5.74, 6) is 1.41. The SMILES string of the molecule is Cc1nc(CCN)cc(N[C@H](CO)c2ccccc2)n1. The summed E-state index contributed by atoms with van der Waals surface area (Å²) in [6, 6.07) is 11.5. The van der Waals surface area contributed by atoms with Crippen molar-refractivity contribution in [1.82, 2.24) is 9.97 Å². The molecule has 0 aliphatic rings. The molecule has 1 aromatic heterocycles. The largest absolute Gasteiger partial charge is 0.394 e. The van der Waals surface area contributed by atoms with Crippen LogP contribution in [0.4, 0.5) is 5.82 Å². The van der Waals surface area contributed by atoms with Crippen LogP contribution in [0.15, 0.2) is 36.4 Å². The molecule has 0 spiro atoms. The third kappa shape index (κ3) is 3.76. The predicted molar refractivity (Wildman–Crippen MR) is 79.4 cm³/mol. The second-order valence-corrected chi connectivity index (χ2v) is 4.62. The first-order valence-electron chi connectivity index (χ1n) is 6.70. The molecule has 1 heterocycles. The summed E-state index contributed by atoms with van der Waals surface area (Å²) in [5.41, 5.74) is 7.49. The number of aromatic nitrogens is 2. The summed E-state index contributed by atoms with van der Waals surface area (Å²) in [5, 5.41) is 12.8. The molecule has 0 saturated heterocycles. The number of aliphatic hydroxyl groups is 1. The molecule has 1 aromatic carbocycles. The number of nitrogens with one attached hydrogen (secondary N) is 1. The lowest BCUT2D eigenvalue weighted by Crippen LogP contribution is -2.16. The molecule has 0 aliphatic heterocycles. The van der Waals surface area contributed by atoms with Crippen LogP contribution >= 0.6 is 0 Å². The van der Waals surface area contributed by atoms with Gasteiger partial charge in [-0.25, -0.2) is 9.97 Å². The van der Waals surface area contributed by atoms with Gasteiger partial charge in [0.05, 0.1) is 12.6 Å². The Balaban J connectivity index is 2.19. The highest BCUT2D eigenvalue weighted by atomic mass is 16.3. The summed E-state index contributed by atoms with van der Waals surface area (Å²) in [6.07, 6.45) is 0.715. The first kappa shape index (κ1) is 14.4. The zero-order chi connectivity index (χ0) is 14.4. The van der Waals surface area contributed by atoms with Crippen LogP contribution in [0.5, 0.6) is 0 Å². The van der Waals surface area contributed by atoms with Gasteiger partial charge in [0.15, 0.2) is 0 Å². The number of nitrogens with two attached hydrogens (primary N) is 1. The highest BCUT2D eigenvalue weighted by Crippen LogP contribution is 2.18. The lowest BCUT2D eigenvalue weighted by atomic mass is 10.1. The van der Waals surface area contributed by atoms with Gasteiger partial charge in [-0.05, 0) is 19.0 Å². The Kier molecular flexibility index (Phi) is 5.03. The van der Waals surface area contributed by atoms with Crippen LogP contribution in [0.1, 0.15) is 23.1 Å². The molecule has 4 N–H and O–H groups in total. The minimum absolute atomic E-state index is 0.000708.